The average molecular weight is 397 g/mol. The maximum absolute atomic E-state index is 13.2. The lowest BCUT2D eigenvalue weighted by Crippen LogP contribution is -2.49. The molecule has 1 atom stereocenters. The van der Waals surface area contributed by atoms with Crippen LogP contribution in [0.5, 0.6) is 0 Å². The number of rotatable bonds is 5. The van der Waals surface area contributed by atoms with Gasteiger partial charge >= 0.3 is 5.97 Å². The molecule has 7 heteroatoms. The highest BCUT2D eigenvalue weighted by atomic mass is 19.1. The molecule has 1 heterocycles. The van der Waals surface area contributed by atoms with Crippen molar-refractivity contribution in [1.29, 1.82) is 0 Å². The third-order valence-electron chi connectivity index (χ3n) is 4.70. The lowest BCUT2D eigenvalue weighted by Gasteiger charge is -2.28. The molecule has 0 aliphatic heterocycles. The van der Waals surface area contributed by atoms with Crippen molar-refractivity contribution in [2.24, 2.45) is 5.41 Å². The van der Waals surface area contributed by atoms with E-state index in [0.29, 0.717) is 11.9 Å². The first-order valence-corrected chi connectivity index (χ1v) is 9.29. The number of methoxy groups -OCH3 is 1. The topological polar surface area (TPSA) is 73.2 Å². The van der Waals surface area contributed by atoms with Crippen LogP contribution in [0, 0.1) is 11.2 Å². The summed E-state index contributed by atoms with van der Waals surface area (Å²) in [4.78, 5) is 25.2. The molecule has 3 rings (SSSR count). The van der Waals surface area contributed by atoms with Gasteiger partial charge in [-0.05, 0) is 29.2 Å². The molecular weight excluding hydrogens is 373 g/mol. The molecule has 3 aromatic rings. The van der Waals surface area contributed by atoms with Crippen molar-refractivity contribution in [3.8, 4) is 0 Å². The number of aromatic nitrogens is 2. The molecule has 1 amide bonds. The largest absolute Gasteiger partial charge is 0.467 e. The SMILES string of the molecule is COC(=O)[C@@H](NC(=O)c1nn(Cc2ccc(F)cc2)c2ccccc12)C(C)(C)C. The van der Waals surface area contributed by atoms with Crippen molar-refractivity contribution < 1.29 is 18.7 Å². The van der Waals surface area contributed by atoms with Gasteiger partial charge in [-0.1, -0.05) is 51.1 Å². The van der Waals surface area contributed by atoms with Gasteiger partial charge in [-0.15, -0.1) is 0 Å². The van der Waals surface area contributed by atoms with Gasteiger partial charge < -0.3 is 10.1 Å². The third kappa shape index (κ3) is 4.45. The van der Waals surface area contributed by atoms with Crippen LogP contribution in [-0.2, 0) is 16.1 Å². The van der Waals surface area contributed by atoms with Gasteiger partial charge in [0.1, 0.15) is 11.9 Å². The van der Waals surface area contributed by atoms with Crippen LogP contribution in [0.2, 0.25) is 0 Å². The molecule has 0 fully saturated rings. The van der Waals surface area contributed by atoms with Crippen LogP contribution in [0.3, 0.4) is 0 Å². The van der Waals surface area contributed by atoms with Crippen molar-refractivity contribution in [2.75, 3.05) is 7.11 Å². The molecule has 0 saturated heterocycles. The maximum Gasteiger partial charge on any atom is 0.328 e. The fraction of sp³-hybridized carbons (Fsp3) is 0.318. The highest BCUT2D eigenvalue weighted by Gasteiger charge is 2.34. The van der Waals surface area contributed by atoms with Crippen LogP contribution < -0.4 is 5.32 Å². The van der Waals surface area contributed by atoms with E-state index in [2.05, 4.69) is 10.4 Å². The monoisotopic (exact) mass is 397 g/mol. The van der Waals surface area contributed by atoms with E-state index in [9.17, 15) is 14.0 Å². The predicted molar refractivity (Wildman–Crippen MR) is 108 cm³/mol. The van der Waals surface area contributed by atoms with Crippen LogP contribution in [0.1, 0.15) is 36.8 Å². The molecule has 0 bridgehead atoms. The Labute approximate surface area is 168 Å². The van der Waals surface area contributed by atoms with Crippen molar-refractivity contribution in [3.63, 3.8) is 0 Å². The standard InChI is InChI=1S/C22H24FN3O3/c1-22(2,3)19(21(28)29-4)24-20(27)18-16-7-5-6-8-17(16)26(25-18)13-14-9-11-15(23)12-10-14/h5-12,19H,13H2,1-4H3,(H,24,27)/t19-/m1/s1. The number of para-hydroxylation sites is 1. The molecule has 0 radical (unpaired) electrons. The number of halogens is 1. The van der Waals surface area contributed by atoms with Crippen LogP contribution in [-0.4, -0.2) is 34.8 Å². The summed E-state index contributed by atoms with van der Waals surface area (Å²) in [7, 11) is 1.29. The summed E-state index contributed by atoms with van der Waals surface area (Å²) in [5.41, 5.74) is 1.32. The van der Waals surface area contributed by atoms with Gasteiger partial charge in [-0.3, -0.25) is 9.48 Å². The van der Waals surface area contributed by atoms with Gasteiger partial charge in [0.15, 0.2) is 5.69 Å². The molecular formula is C22H24FN3O3. The minimum absolute atomic E-state index is 0.223. The molecule has 1 aromatic heterocycles. The summed E-state index contributed by atoms with van der Waals surface area (Å²) in [5, 5.41) is 7.92. The van der Waals surface area contributed by atoms with Crippen molar-refractivity contribution in [1.82, 2.24) is 15.1 Å². The quantitative estimate of drug-likeness (QED) is 0.669. The first kappa shape index (κ1) is 20.5. The van der Waals surface area contributed by atoms with Gasteiger partial charge in [0.05, 0.1) is 19.2 Å². The van der Waals surface area contributed by atoms with E-state index < -0.39 is 23.3 Å². The number of ether oxygens (including phenoxy) is 1. The second-order valence-corrected chi connectivity index (χ2v) is 7.95. The van der Waals surface area contributed by atoms with Gasteiger partial charge in [0.25, 0.3) is 5.91 Å². The summed E-state index contributed by atoms with van der Waals surface area (Å²) in [6, 6.07) is 12.7. The Morgan fingerprint density at radius 2 is 1.79 bits per heavy atom. The highest BCUT2D eigenvalue weighted by molar-refractivity contribution is 6.06. The third-order valence-corrected chi connectivity index (χ3v) is 4.70. The van der Waals surface area contributed by atoms with Gasteiger partial charge in [0, 0.05) is 5.39 Å². The van der Waals surface area contributed by atoms with Crippen molar-refractivity contribution in [2.45, 2.75) is 33.4 Å². The number of nitrogens with one attached hydrogen (secondary N) is 1. The molecule has 0 aliphatic rings. The first-order valence-electron chi connectivity index (χ1n) is 9.29. The summed E-state index contributed by atoms with van der Waals surface area (Å²) in [5.74, 6) is -1.28. The van der Waals surface area contributed by atoms with Crippen LogP contribution >= 0.6 is 0 Å². The highest BCUT2D eigenvalue weighted by Crippen LogP contribution is 2.23. The smallest absolute Gasteiger partial charge is 0.328 e. The maximum atomic E-state index is 13.2. The number of amides is 1. The summed E-state index contributed by atoms with van der Waals surface area (Å²) in [6.45, 7) is 5.92. The summed E-state index contributed by atoms with van der Waals surface area (Å²) in [6.07, 6.45) is 0. The Morgan fingerprint density at radius 1 is 1.14 bits per heavy atom. The molecule has 0 saturated carbocycles. The molecule has 152 valence electrons. The van der Waals surface area contributed by atoms with E-state index in [1.165, 1.54) is 19.2 Å². The first-order chi connectivity index (χ1) is 13.7. The second-order valence-electron chi connectivity index (χ2n) is 7.95. The molecule has 0 unspecified atom stereocenters. The van der Waals surface area contributed by atoms with E-state index in [1.807, 2.05) is 45.0 Å². The number of benzene rings is 2. The predicted octanol–water partition coefficient (Wildman–Crippen LogP) is 3.54. The zero-order valence-electron chi connectivity index (χ0n) is 16.9. The van der Waals surface area contributed by atoms with Gasteiger partial charge in [-0.25, -0.2) is 9.18 Å². The number of fused-ring (bicyclic) bond motifs is 1. The number of hydrogen-bond donors (Lipinski definition) is 1. The van der Waals surface area contributed by atoms with Gasteiger partial charge in [-0.2, -0.15) is 5.10 Å². The molecule has 0 aliphatic carbocycles. The molecule has 2 aromatic carbocycles. The molecule has 0 spiro atoms. The fourth-order valence-electron chi connectivity index (χ4n) is 3.12. The Bertz CT molecular complexity index is 1040. The van der Waals surface area contributed by atoms with Crippen LogP contribution in [0.15, 0.2) is 48.5 Å². The zero-order chi connectivity index (χ0) is 21.2. The van der Waals surface area contributed by atoms with E-state index in [0.717, 1.165) is 11.1 Å². The fourth-order valence-corrected chi connectivity index (χ4v) is 3.12. The number of esters is 1. The van der Waals surface area contributed by atoms with Crippen molar-refractivity contribution >= 4 is 22.8 Å². The molecule has 6 nitrogen and oxygen atoms in total. The minimum Gasteiger partial charge on any atom is -0.467 e. The number of hydrogen-bond acceptors (Lipinski definition) is 4. The number of carbonyl (C=O) groups excluding carboxylic acids is 2. The summed E-state index contributed by atoms with van der Waals surface area (Å²) < 4.78 is 19.7. The van der Waals surface area contributed by atoms with Crippen molar-refractivity contribution in [3.05, 3.63) is 65.6 Å². The van der Waals surface area contributed by atoms with E-state index >= 15 is 0 Å². The second kappa shape index (κ2) is 8.03. The lowest BCUT2D eigenvalue weighted by molar-refractivity contribution is -0.145. The van der Waals surface area contributed by atoms with Crippen LogP contribution in [0.25, 0.3) is 10.9 Å². The number of carbonyl (C=O) groups is 2. The Hall–Kier alpha value is -3.22. The Morgan fingerprint density at radius 3 is 2.41 bits per heavy atom. The minimum atomic E-state index is -0.819. The normalized spacial score (nSPS) is 12.6. The average Bonchev–Trinajstić information content (AvgIpc) is 3.05. The van der Waals surface area contributed by atoms with E-state index in [1.54, 1.807) is 16.8 Å². The van der Waals surface area contributed by atoms with Crippen LogP contribution in [0.4, 0.5) is 4.39 Å². The zero-order valence-corrected chi connectivity index (χ0v) is 16.9. The lowest BCUT2D eigenvalue weighted by atomic mass is 9.86. The number of nitrogens with zero attached hydrogens (tertiary/aromatic N) is 2. The molecule has 1 N–H and O–H groups in total. The molecule has 29 heavy (non-hydrogen) atoms. The van der Waals surface area contributed by atoms with E-state index in [-0.39, 0.29) is 11.5 Å². The van der Waals surface area contributed by atoms with E-state index in [4.69, 9.17) is 4.74 Å². The Kier molecular flexibility index (Phi) is 5.68. The summed E-state index contributed by atoms with van der Waals surface area (Å²) >= 11 is 0. The van der Waals surface area contributed by atoms with Gasteiger partial charge in [0.2, 0.25) is 0 Å². The Balaban J connectivity index is 1.96.